The molecule has 0 aromatic heterocycles. The van der Waals surface area contributed by atoms with Gasteiger partial charge in [-0.05, 0) is 43.0 Å². The Morgan fingerprint density at radius 1 is 1.36 bits per heavy atom. The number of nitrogens with one attached hydrogen (secondary N) is 1. The zero-order chi connectivity index (χ0) is 15.9. The highest BCUT2D eigenvalue weighted by molar-refractivity contribution is 6.30. The van der Waals surface area contributed by atoms with Crippen LogP contribution >= 0.6 is 11.6 Å². The highest BCUT2D eigenvalue weighted by Gasteiger charge is 2.25. The molecule has 122 valence electrons. The zero-order valence-corrected chi connectivity index (χ0v) is 14.1. The van der Waals surface area contributed by atoms with Gasteiger partial charge in [-0.25, -0.2) is 4.79 Å². The topological polar surface area (TPSA) is 41.6 Å². The van der Waals surface area contributed by atoms with E-state index in [2.05, 4.69) is 12.2 Å². The number of hydrogen-bond acceptors (Lipinski definition) is 2. The third-order valence-electron chi connectivity index (χ3n) is 4.24. The first-order valence-corrected chi connectivity index (χ1v) is 8.33. The number of nitrogens with zero attached hydrogens (tertiary/aromatic N) is 1. The van der Waals surface area contributed by atoms with E-state index in [-0.39, 0.29) is 6.03 Å². The molecule has 1 aromatic carbocycles. The summed E-state index contributed by atoms with van der Waals surface area (Å²) in [5.41, 5.74) is 0. The van der Waals surface area contributed by atoms with Crippen molar-refractivity contribution in [1.82, 2.24) is 10.2 Å². The minimum atomic E-state index is -0.0150. The molecule has 2 atom stereocenters. The molecule has 1 aliphatic carbocycles. The van der Waals surface area contributed by atoms with Crippen LogP contribution in [0.3, 0.4) is 0 Å². The summed E-state index contributed by atoms with van der Waals surface area (Å²) in [6.45, 7) is 3.20. The third kappa shape index (κ3) is 5.09. The van der Waals surface area contributed by atoms with Gasteiger partial charge < -0.3 is 15.0 Å². The molecule has 1 aromatic rings. The molecule has 2 amide bonds. The Labute approximate surface area is 137 Å². The molecule has 0 radical (unpaired) electrons. The smallest absolute Gasteiger partial charge is 0.317 e. The molecule has 4 nitrogen and oxygen atoms in total. The summed E-state index contributed by atoms with van der Waals surface area (Å²) in [7, 11) is 1.89. The van der Waals surface area contributed by atoms with E-state index < -0.39 is 0 Å². The Morgan fingerprint density at radius 2 is 2.09 bits per heavy atom. The molecule has 2 unspecified atom stereocenters. The van der Waals surface area contributed by atoms with Gasteiger partial charge in [-0.15, -0.1) is 0 Å². The molecular weight excluding hydrogens is 300 g/mol. The van der Waals surface area contributed by atoms with Crippen LogP contribution in [-0.4, -0.2) is 37.2 Å². The SMILES string of the molecule is CC1CCCC(N(C)C(=O)NCCOc2ccc(Cl)cc2)C1. The van der Waals surface area contributed by atoms with E-state index in [1.807, 2.05) is 24.1 Å². The van der Waals surface area contributed by atoms with E-state index in [0.29, 0.717) is 30.1 Å². The molecule has 0 saturated heterocycles. The zero-order valence-electron chi connectivity index (χ0n) is 13.3. The quantitative estimate of drug-likeness (QED) is 0.833. The van der Waals surface area contributed by atoms with Crippen LogP contribution in [0.5, 0.6) is 5.75 Å². The second-order valence-corrected chi connectivity index (χ2v) is 6.51. The van der Waals surface area contributed by atoms with E-state index in [1.54, 1.807) is 12.1 Å². The fourth-order valence-corrected chi connectivity index (χ4v) is 3.03. The number of ether oxygens (including phenoxy) is 1. The summed E-state index contributed by atoms with van der Waals surface area (Å²) in [5, 5.41) is 3.60. The van der Waals surface area contributed by atoms with Crippen molar-refractivity contribution < 1.29 is 9.53 Å². The molecule has 0 aliphatic heterocycles. The van der Waals surface area contributed by atoms with Crippen molar-refractivity contribution in [2.75, 3.05) is 20.2 Å². The molecule has 0 heterocycles. The van der Waals surface area contributed by atoms with Gasteiger partial charge in [-0.1, -0.05) is 31.4 Å². The monoisotopic (exact) mass is 324 g/mol. The minimum absolute atomic E-state index is 0.0150. The molecular formula is C17H25ClN2O2. The third-order valence-corrected chi connectivity index (χ3v) is 4.49. The van der Waals surface area contributed by atoms with Crippen LogP contribution in [0.2, 0.25) is 5.02 Å². The number of urea groups is 1. The summed E-state index contributed by atoms with van der Waals surface area (Å²) < 4.78 is 5.56. The highest BCUT2D eigenvalue weighted by Crippen LogP contribution is 2.26. The summed E-state index contributed by atoms with van der Waals surface area (Å²) in [6.07, 6.45) is 4.70. The molecule has 1 aliphatic rings. The van der Waals surface area contributed by atoms with Gasteiger partial charge in [0.05, 0.1) is 6.54 Å². The number of rotatable bonds is 5. The molecule has 1 saturated carbocycles. The van der Waals surface area contributed by atoms with Crippen molar-refractivity contribution in [3.05, 3.63) is 29.3 Å². The first-order chi connectivity index (χ1) is 10.6. The standard InChI is InChI=1S/C17H25ClN2O2/c1-13-4-3-5-15(12-13)20(2)17(21)19-10-11-22-16-8-6-14(18)7-9-16/h6-9,13,15H,3-5,10-12H2,1-2H3,(H,19,21). The fraction of sp³-hybridized carbons (Fsp3) is 0.588. The molecule has 1 N–H and O–H groups in total. The number of amides is 2. The summed E-state index contributed by atoms with van der Waals surface area (Å²) in [6, 6.07) is 7.56. The number of halogens is 1. The average molecular weight is 325 g/mol. The second-order valence-electron chi connectivity index (χ2n) is 6.07. The predicted molar refractivity (Wildman–Crippen MR) is 89.5 cm³/mol. The normalized spacial score (nSPS) is 21.2. The first-order valence-electron chi connectivity index (χ1n) is 7.95. The Kier molecular flexibility index (Phi) is 6.37. The van der Waals surface area contributed by atoms with Gasteiger partial charge in [0.1, 0.15) is 12.4 Å². The first kappa shape index (κ1) is 16.9. The van der Waals surface area contributed by atoms with Crippen LogP contribution in [0.4, 0.5) is 4.79 Å². The summed E-state index contributed by atoms with van der Waals surface area (Å²) in [4.78, 5) is 14.0. The fourth-order valence-electron chi connectivity index (χ4n) is 2.90. The molecule has 5 heteroatoms. The van der Waals surface area contributed by atoms with Crippen LogP contribution in [-0.2, 0) is 0 Å². The molecule has 0 bridgehead atoms. The Balaban J connectivity index is 1.67. The van der Waals surface area contributed by atoms with E-state index in [4.69, 9.17) is 16.3 Å². The maximum Gasteiger partial charge on any atom is 0.317 e. The molecule has 0 spiro atoms. The van der Waals surface area contributed by atoms with Crippen molar-refractivity contribution in [2.24, 2.45) is 5.92 Å². The van der Waals surface area contributed by atoms with Gasteiger partial charge in [0.25, 0.3) is 0 Å². The number of carbonyl (C=O) groups is 1. The average Bonchev–Trinajstić information content (AvgIpc) is 2.52. The van der Waals surface area contributed by atoms with Crippen LogP contribution in [0, 0.1) is 5.92 Å². The molecule has 2 rings (SSSR count). The van der Waals surface area contributed by atoms with Gasteiger partial charge in [-0.3, -0.25) is 0 Å². The molecule has 1 fully saturated rings. The van der Waals surface area contributed by atoms with Crippen LogP contribution < -0.4 is 10.1 Å². The van der Waals surface area contributed by atoms with E-state index in [9.17, 15) is 4.79 Å². The van der Waals surface area contributed by atoms with Gasteiger partial charge in [0.2, 0.25) is 0 Å². The lowest BCUT2D eigenvalue weighted by atomic mass is 9.86. The predicted octanol–water partition coefficient (Wildman–Crippen LogP) is 3.94. The van der Waals surface area contributed by atoms with E-state index in [0.717, 1.165) is 18.6 Å². The van der Waals surface area contributed by atoms with Crippen LogP contribution in [0.15, 0.2) is 24.3 Å². The minimum Gasteiger partial charge on any atom is -0.492 e. The Hall–Kier alpha value is -1.42. The van der Waals surface area contributed by atoms with Gasteiger partial charge in [-0.2, -0.15) is 0 Å². The van der Waals surface area contributed by atoms with E-state index >= 15 is 0 Å². The second kappa shape index (κ2) is 8.28. The summed E-state index contributed by atoms with van der Waals surface area (Å²) >= 11 is 5.82. The summed E-state index contributed by atoms with van der Waals surface area (Å²) in [5.74, 6) is 1.47. The highest BCUT2D eigenvalue weighted by atomic mass is 35.5. The number of hydrogen-bond donors (Lipinski definition) is 1. The van der Waals surface area contributed by atoms with Gasteiger partial charge in [0, 0.05) is 18.1 Å². The van der Waals surface area contributed by atoms with Crippen molar-refractivity contribution in [3.8, 4) is 5.75 Å². The largest absolute Gasteiger partial charge is 0.492 e. The number of carbonyl (C=O) groups excluding carboxylic acids is 1. The van der Waals surface area contributed by atoms with Gasteiger partial charge in [0.15, 0.2) is 0 Å². The van der Waals surface area contributed by atoms with Crippen LogP contribution in [0.25, 0.3) is 0 Å². The maximum absolute atomic E-state index is 12.1. The lowest BCUT2D eigenvalue weighted by molar-refractivity contribution is 0.159. The van der Waals surface area contributed by atoms with Crippen molar-refractivity contribution in [3.63, 3.8) is 0 Å². The Morgan fingerprint density at radius 3 is 2.77 bits per heavy atom. The number of benzene rings is 1. The van der Waals surface area contributed by atoms with Crippen molar-refractivity contribution in [1.29, 1.82) is 0 Å². The van der Waals surface area contributed by atoms with Crippen molar-refractivity contribution in [2.45, 2.75) is 38.6 Å². The maximum atomic E-state index is 12.1. The van der Waals surface area contributed by atoms with E-state index in [1.165, 1.54) is 12.8 Å². The Bertz CT molecular complexity index is 478. The molecule has 22 heavy (non-hydrogen) atoms. The lowest BCUT2D eigenvalue weighted by Crippen LogP contribution is -2.46. The van der Waals surface area contributed by atoms with Crippen LogP contribution in [0.1, 0.15) is 32.6 Å². The lowest BCUT2D eigenvalue weighted by Gasteiger charge is -2.34. The van der Waals surface area contributed by atoms with Gasteiger partial charge >= 0.3 is 6.03 Å². The van der Waals surface area contributed by atoms with Crippen molar-refractivity contribution >= 4 is 17.6 Å².